The van der Waals surface area contributed by atoms with Crippen molar-refractivity contribution in [3.63, 3.8) is 0 Å². The molecule has 1 N–H and O–H groups in total. The highest BCUT2D eigenvalue weighted by Crippen LogP contribution is 2.28. The van der Waals surface area contributed by atoms with Gasteiger partial charge in [-0.05, 0) is 63.8 Å². The van der Waals surface area contributed by atoms with E-state index in [1.165, 1.54) is 5.56 Å². The van der Waals surface area contributed by atoms with Crippen LogP contribution in [0.5, 0.6) is 0 Å². The number of nitrogens with zero attached hydrogens (tertiary/aromatic N) is 1. The van der Waals surface area contributed by atoms with Gasteiger partial charge in [-0.25, -0.2) is 0 Å². The van der Waals surface area contributed by atoms with E-state index in [1.54, 1.807) is 24.3 Å². The smallest absolute Gasteiger partial charge is 0.291 e. The Labute approximate surface area is 165 Å². The summed E-state index contributed by atoms with van der Waals surface area (Å²) in [7, 11) is 0. The maximum Gasteiger partial charge on any atom is 0.291 e. The number of halogens is 1. The number of carbonyl (C=O) groups is 2. The molecule has 0 saturated carbocycles. The quantitative estimate of drug-likeness (QED) is 0.673. The molecule has 0 atom stereocenters. The average molecular weight is 425 g/mol. The number of hydrogen-bond donors (Lipinski definition) is 1. The lowest BCUT2D eigenvalue weighted by atomic mass is 10.1. The first kappa shape index (κ1) is 17.5. The molecular formula is C21H17BrN2O3. The zero-order valence-electron chi connectivity index (χ0n) is 14.4. The molecule has 3 aromatic rings. The molecule has 2 heterocycles. The van der Waals surface area contributed by atoms with Gasteiger partial charge in [-0.15, -0.1) is 0 Å². The van der Waals surface area contributed by atoms with Crippen LogP contribution >= 0.6 is 15.9 Å². The first-order valence-electron chi connectivity index (χ1n) is 8.64. The average Bonchev–Trinajstić information content (AvgIpc) is 3.29. The highest BCUT2D eigenvalue weighted by atomic mass is 79.9. The summed E-state index contributed by atoms with van der Waals surface area (Å²) in [6.45, 7) is 0.727. The lowest BCUT2D eigenvalue weighted by molar-refractivity contribution is -0.117. The molecule has 1 aromatic heterocycles. The molecule has 0 unspecified atom stereocenters. The predicted octanol–water partition coefficient (Wildman–Crippen LogP) is 4.43. The normalized spacial score (nSPS) is 12.7. The summed E-state index contributed by atoms with van der Waals surface area (Å²) in [5, 5.41) is 2.77. The molecule has 0 aliphatic carbocycles. The molecule has 1 aliphatic rings. The Kier molecular flexibility index (Phi) is 4.81. The molecule has 1 aliphatic heterocycles. The van der Waals surface area contributed by atoms with Crippen LogP contribution in [0.3, 0.4) is 0 Å². The van der Waals surface area contributed by atoms with Gasteiger partial charge in [0.15, 0.2) is 10.4 Å². The highest BCUT2D eigenvalue weighted by Gasteiger charge is 2.23. The molecule has 136 valence electrons. The number of fused-ring (bicyclic) bond motifs is 1. The van der Waals surface area contributed by atoms with E-state index in [0.717, 1.165) is 24.2 Å². The fourth-order valence-electron chi connectivity index (χ4n) is 3.20. The molecule has 0 fully saturated rings. The summed E-state index contributed by atoms with van der Waals surface area (Å²) in [6.07, 6.45) is 1.23. The third kappa shape index (κ3) is 3.80. The lowest BCUT2D eigenvalue weighted by Gasteiger charge is -2.17. The van der Waals surface area contributed by atoms with Gasteiger partial charge in [-0.1, -0.05) is 30.3 Å². The third-order valence-electron chi connectivity index (χ3n) is 4.55. The van der Waals surface area contributed by atoms with Crippen LogP contribution in [0.25, 0.3) is 0 Å². The fraction of sp³-hybridized carbons (Fsp3) is 0.143. The number of amides is 2. The van der Waals surface area contributed by atoms with Crippen molar-refractivity contribution < 1.29 is 14.0 Å². The topological polar surface area (TPSA) is 62.6 Å². The molecule has 4 rings (SSSR count). The van der Waals surface area contributed by atoms with Crippen molar-refractivity contribution in [3.05, 3.63) is 82.2 Å². The zero-order valence-corrected chi connectivity index (χ0v) is 16.0. The fourth-order valence-corrected chi connectivity index (χ4v) is 3.51. The largest absolute Gasteiger partial charge is 0.444 e. The summed E-state index contributed by atoms with van der Waals surface area (Å²) in [5.74, 6) is -0.0100. The Balaban J connectivity index is 1.39. The molecule has 0 spiro atoms. The molecule has 2 amide bonds. The number of furan rings is 1. The molecule has 2 aromatic carbocycles. The van der Waals surface area contributed by atoms with E-state index in [-0.39, 0.29) is 17.6 Å². The van der Waals surface area contributed by atoms with E-state index in [4.69, 9.17) is 4.42 Å². The van der Waals surface area contributed by atoms with Crippen LogP contribution in [0.1, 0.15) is 21.7 Å². The van der Waals surface area contributed by atoms with Gasteiger partial charge in [0.1, 0.15) is 0 Å². The first-order valence-corrected chi connectivity index (χ1v) is 9.43. The Morgan fingerprint density at radius 2 is 1.81 bits per heavy atom. The minimum Gasteiger partial charge on any atom is -0.444 e. The van der Waals surface area contributed by atoms with E-state index in [9.17, 15) is 9.59 Å². The van der Waals surface area contributed by atoms with Crippen LogP contribution in [-0.2, 0) is 17.6 Å². The Bertz CT molecular complexity index is 995. The van der Waals surface area contributed by atoms with Crippen LogP contribution < -0.4 is 10.2 Å². The van der Waals surface area contributed by atoms with E-state index in [2.05, 4.69) is 27.3 Å². The number of rotatable bonds is 4. The lowest BCUT2D eigenvalue weighted by Crippen LogP contribution is -2.30. The molecule has 6 heteroatoms. The van der Waals surface area contributed by atoms with Gasteiger partial charge >= 0.3 is 0 Å². The van der Waals surface area contributed by atoms with E-state index < -0.39 is 0 Å². The first-order chi connectivity index (χ1) is 13.1. The summed E-state index contributed by atoms with van der Waals surface area (Å²) >= 11 is 3.17. The van der Waals surface area contributed by atoms with Crippen molar-refractivity contribution >= 4 is 39.1 Å². The maximum atomic E-state index is 12.7. The molecule has 0 saturated heterocycles. The van der Waals surface area contributed by atoms with Crippen molar-refractivity contribution in [1.29, 1.82) is 0 Å². The number of para-hydroxylation sites is 1. The van der Waals surface area contributed by atoms with Crippen molar-refractivity contribution in [1.82, 2.24) is 0 Å². The van der Waals surface area contributed by atoms with Gasteiger partial charge in [-0.2, -0.15) is 0 Å². The second-order valence-corrected chi connectivity index (χ2v) is 7.14. The van der Waals surface area contributed by atoms with Gasteiger partial charge in [-0.3, -0.25) is 9.59 Å². The van der Waals surface area contributed by atoms with Gasteiger partial charge in [0, 0.05) is 17.9 Å². The standard InChI is InChI=1S/C21H17BrN2O3/c22-19-10-9-18(27-19)21(26)23-16-7-5-14(6-8-16)13-20(25)24-12-11-15-3-1-2-4-17(15)24/h1-10H,11-13H2,(H,23,26). The van der Waals surface area contributed by atoms with Crippen LogP contribution in [0.2, 0.25) is 0 Å². The van der Waals surface area contributed by atoms with E-state index in [0.29, 0.717) is 16.8 Å². The second-order valence-electron chi connectivity index (χ2n) is 6.36. The highest BCUT2D eigenvalue weighted by molar-refractivity contribution is 9.10. The van der Waals surface area contributed by atoms with E-state index in [1.807, 2.05) is 35.2 Å². The number of nitrogens with one attached hydrogen (secondary N) is 1. The Morgan fingerprint density at radius 1 is 1.04 bits per heavy atom. The van der Waals surface area contributed by atoms with Gasteiger partial charge in [0.2, 0.25) is 5.91 Å². The summed E-state index contributed by atoms with van der Waals surface area (Å²) < 4.78 is 5.74. The van der Waals surface area contributed by atoms with Crippen LogP contribution in [0, 0.1) is 0 Å². The van der Waals surface area contributed by atoms with Crippen LogP contribution in [-0.4, -0.2) is 18.4 Å². The van der Waals surface area contributed by atoms with E-state index >= 15 is 0 Å². The summed E-state index contributed by atoms with van der Waals surface area (Å²) in [6, 6.07) is 18.6. The minimum absolute atomic E-state index is 0.0807. The number of hydrogen-bond acceptors (Lipinski definition) is 3. The van der Waals surface area contributed by atoms with Gasteiger partial charge in [0.25, 0.3) is 5.91 Å². The second kappa shape index (κ2) is 7.40. The number of carbonyl (C=O) groups excluding carboxylic acids is 2. The number of anilines is 2. The zero-order chi connectivity index (χ0) is 18.8. The van der Waals surface area contributed by atoms with Gasteiger partial charge < -0.3 is 14.6 Å². The summed E-state index contributed by atoms with van der Waals surface area (Å²) in [4.78, 5) is 26.6. The van der Waals surface area contributed by atoms with Crippen molar-refractivity contribution in [2.24, 2.45) is 0 Å². The van der Waals surface area contributed by atoms with Crippen LogP contribution in [0.15, 0.2) is 69.8 Å². The SMILES string of the molecule is O=C(Nc1ccc(CC(=O)N2CCc3ccccc32)cc1)c1ccc(Br)o1. The molecule has 5 nitrogen and oxygen atoms in total. The molecule has 27 heavy (non-hydrogen) atoms. The van der Waals surface area contributed by atoms with Crippen molar-refractivity contribution in [2.75, 3.05) is 16.8 Å². The Morgan fingerprint density at radius 3 is 2.56 bits per heavy atom. The monoisotopic (exact) mass is 424 g/mol. The van der Waals surface area contributed by atoms with Crippen molar-refractivity contribution in [2.45, 2.75) is 12.8 Å². The predicted molar refractivity (Wildman–Crippen MR) is 107 cm³/mol. The summed E-state index contributed by atoms with van der Waals surface area (Å²) in [5.41, 5.74) is 3.78. The Hall–Kier alpha value is -2.86. The maximum absolute atomic E-state index is 12.7. The number of benzene rings is 2. The molecule has 0 bridgehead atoms. The molecular weight excluding hydrogens is 408 g/mol. The third-order valence-corrected chi connectivity index (χ3v) is 4.98. The van der Waals surface area contributed by atoms with Gasteiger partial charge in [0.05, 0.1) is 6.42 Å². The minimum atomic E-state index is -0.321. The molecule has 0 radical (unpaired) electrons. The van der Waals surface area contributed by atoms with Crippen LogP contribution in [0.4, 0.5) is 11.4 Å². The van der Waals surface area contributed by atoms with Crippen molar-refractivity contribution in [3.8, 4) is 0 Å².